The van der Waals surface area contributed by atoms with Crippen LogP contribution in [0, 0.1) is 5.41 Å². The van der Waals surface area contributed by atoms with Crippen LogP contribution in [0.15, 0.2) is 47.9 Å². The van der Waals surface area contributed by atoms with Crippen LogP contribution in [0.5, 0.6) is 0 Å². The number of benzene rings is 1. The number of H-pyrrole nitrogens is 1. The van der Waals surface area contributed by atoms with Crippen LogP contribution in [0.1, 0.15) is 32.6 Å². The average Bonchev–Trinajstić information content (AvgIpc) is 2.91. The lowest BCUT2D eigenvalue weighted by Gasteiger charge is -2.39. The third-order valence-electron chi connectivity index (χ3n) is 5.23. The second-order valence-electron chi connectivity index (χ2n) is 6.83. The predicted octanol–water partition coefficient (Wildman–Crippen LogP) is 4.38. The summed E-state index contributed by atoms with van der Waals surface area (Å²) in [5, 5.41) is 9.00. The van der Waals surface area contributed by atoms with Gasteiger partial charge in [-0.1, -0.05) is 25.5 Å². The smallest absolute Gasteiger partial charge is 0.162 e. The van der Waals surface area contributed by atoms with Crippen molar-refractivity contribution < 1.29 is 4.74 Å². The highest BCUT2D eigenvalue weighted by molar-refractivity contribution is 5.91. The van der Waals surface area contributed by atoms with Gasteiger partial charge in [0.1, 0.15) is 0 Å². The van der Waals surface area contributed by atoms with Crippen molar-refractivity contribution >= 4 is 16.7 Å². The van der Waals surface area contributed by atoms with Crippen molar-refractivity contribution in [1.82, 2.24) is 10.2 Å². The Morgan fingerprint density at radius 2 is 2.09 bits per heavy atom. The molecule has 1 aliphatic carbocycles. The number of para-hydroxylation sites is 1. The van der Waals surface area contributed by atoms with Gasteiger partial charge in [0, 0.05) is 29.5 Å². The van der Waals surface area contributed by atoms with E-state index in [0.29, 0.717) is 0 Å². The summed E-state index contributed by atoms with van der Waals surface area (Å²) in [5.41, 5.74) is 2.59. The van der Waals surface area contributed by atoms with E-state index in [1.54, 1.807) is 7.11 Å². The Hall–Kier alpha value is -2.23. The van der Waals surface area contributed by atoms with Crippen LogP contribution in [0.2, 0.25) is 0 Å². The van der Waals surface area contributed by atoms with Gasteiger partial charge in [0.05, 0.1) is 18.4 Å². The molecule has 1 fully saturated rings. The summed E-state index contributed by atoms with van der Waals surface area (Å²) in [6.07, 6.45) is 8.94. The summed E-state index contributed by atoms with van der Waals surface area (Å²) in [6.45, 7) is 3.38. The summed E-state index contributed by atoms with van der Waals surface area (Å²) < 4.78 is 5.52. The molecular weight excluding hydrogens is 286 g/mol. The summed E-state index contributed by atoms with van der Waals surface area (Å²) in [5.74, 6) is 2.12. The number of aromatic amines is 1. The number of rotatable bonds is 2. The lowest BCUT2D eigenvalue weighted by Crippen LogP contribution is -2.34. The topological polar surface area (TPSA) is 41.1 Å². The van der Waals surface area contributed by atoms with Crippen molar-refractivity contribution in [2.24, 2.45) is 5.41 Å². The highest BCUT2D eigenvalue weighted by Gasteiger charge is 2.38. The predicted molar refractivity (Wildman–Crippen MR) is 93.2 cm³/mol. The Bertz CT molecular complexity index is 789. The first-order valence-corrected chi connectivity index (χ1v) is 8.37. The monoisotopic (exact) mass is 309 g/mol. The molecule has 0 saturated carbocycles. The highest BCUT2D eigenvalue weighted by atomic mass is 16.5. The van der Waals surface area contributed by atoms with Crippen molar-refractivity contribution in [3.05, 3.63) is 47.9 Å². The van der Waals surface area contributed by atoms with Crippen LogP contribution >= 0.6 is 0 Å². The van der Waals surface area contributed by atoms with Gasteiger partial charge >= 0.3 is 0 Å². The molecule has 0 radical (unpaired) electrons. The van der Waals surface area contributed by atoms with Gasteiger partial charge in [-0.15, -0.1) is 0 Å². The lowest BCUT2D eigenvalue weighted by molar-refractivity contribution is 0.224. The van der Waals surface area contributed by atoms with Gasteiger partial charge in [0.15, 0.2) is 5.82 Å². The first-order chi connectivity index (χ1) is 11.2. The lowest BCUT2D eigenvalue weighted by atomic mass is 9.76. The van der Waals surface area contributed by atoms with E-state index >= 15 is 0 Å². The molecule has 2 aliphatic rings. The van der Waals surface area contributed by atoms with E-state index in [1.807, 2.05) is 6.07 Å². The zero-order chi connectivity index (χ0) is 15.9. The fourth-order valence-electron chi connectivity index (χ4n) is 3.96. The number of nitrogens with zero attached hydrogens (tertiary/aromatic N) is 2. The molecule has 1 saturated heterocycles. The van der Waals surface area contributed by atoms with Gasteiger partial charge in [0.25, 0.3) is 0 Å². The molecule has 4 rings (SSSR count). The number of fused-ring (bicyclic) bond motifs is 2. The Balaban J connectivity index is 1.83. The number of anilines is 1. The van der Waals surface area contributed by atoms with Crippen molar-refractivity contribution in [3.63, 3.8) is 0 Å². The Morgan fingerprint density at radius 3 is 2.96 bits per heavy atom. The van der Waals surface area contributed by atoms with Crippen LogP contribution in [-0.4, -0.2) is 23.9 Å². The molecule has 2 heterocycles. The number of ether oxygens (including phenoxy) is 1. The van der Waals surface area contributed by atoms with Crippen LogP contribution in [0.25, 0.3) is 10.9 Å². The molecule has 23 heavy (non-hydrogen) atoms. The third-order valence-corrected chi connectivity index (χ3v) is 5.23. The molecule has 120 valence electrons. The zero-order valence-electron chi connectivity index (χ0n) is 13.8. The minimum Gasteiger partial charge on any atom is -0.501 e. The fraction of sp³-hybridized carbons (Fsp3) is 0.421. The number of hydrogen-bond donors (Lipinski definition) is 1. The van der Waals surface area contributed by atoms with Crippen LogP contribution in [-0.2, 0) is 4.74 Å². The molecule has 1 aromatic heterocycles. The average molecular weight is 309 g/mol. The van der Waals surface area contributed by atoms with Crippen molar-refractivity contribution in [2.75, 3.05) is 18.6 Å². The minimum atomic E-state index is 0.122. The molecule has 0 bridgehead atoms. The standard InChI is InChI=1S/C19H23N3O/c1-19-11-5-6-12-22(17(19)10-9-14(13-19)23-2)18-15-7-3-4-8-16(15)20-21-18/h3-4,7-10H,5-6,11-13H2,1-2H3,(H,20,21). The molecular formula is C19H23N3O. The molecule has 0 spiro atoms. The highest BCUT2D eigenvalue weighted by Crippen LogP contribution is 2.47. The second kappa shape index (κ2) is 5.44. The fourth-order valence-corrected chi connectivity index (χ4v) is 3.96. The first-order valence-electron chi connectivity index (χ1n) is 8.37. The van der Waals surface area contributed by atoms with E-state index in [9.17, 15) is 0 Å². The van der Waals surface area contributed by atoms with Crippen molar-refractivity contribution in [2.45, 2.75) is 32.6 Å². The minimum absolute atomic E-state index is 0.122. The van der Waals surface area contributed by atoms with E-state index in [0.717, 1.165) is 30.1 Å². The van der Waals surface area contributed by atoms with E-state index in [1.165, 1.54) is 30.3 Å². The van der Waals surface area contributed by atoms with Crippen LogP contribution in [0.3, 0.4) is 0 Å². The molecule has 4 nitrogen and oxygen atoms in total. The summed E-state index contributed by atoms with van der Waals surface area (Å²) >= 11 is 0. The van der Waals surface area contributed by atoms with E-state index in [-0.39, 0.29) is 5.41 Å². The van der Waals surface area contributed by atoms with Crippen LogP contribution in [0.4, 0.5) is 5.82 Å². The maximum absolute atomic E-state index is 5.52. The summed E-state index contributed by atoms with van der Waals surface area (Å²) in [4.78, 5) is 2.41. The molecule has 2 aromatic rings. The quantitative estimate of drug-likeness (QED) is 0.895. The first kappa shape index (κ1) is 14.4. The maximum Gasteiger partial charge on any atom is 0.162 e. The Kier molecular flexibility index (Phi) is 3.40. The van der Waals surface area contributed by atoms with Gasteiger partial charge < -0.3 is 9.64 Å². The number of nitrogens with one attached hydrogen (secondary N) is 1. The van der Waals surface area contributed by atoms with Gasteiger partial charge in [-0.3, -0.25) is 5.10 Å². The van der Waals surface area contributed by atoms with E-state index < -0.39 is 0 Å². The van der Waals surface area contributed by atoms with Gasteiger partial charge in [0.2, 0.25) is 0 Å². The Labute approximate surface area is 136 Å². The largest absolute Gasteiger partial charge is 0.501 e. The van der Waals surface area contributed by atoms with Crippen molar-refractivity contribution in [1.29, 1.82) is 0 Å². The van der Waals surface area contributed by atoms with E-state index in [2.05, 4.69) is 52.4 Å². The molecule has 1 unspecified atom stereocenters. The maximum atomic E-state index is 5.52. The number of hydrogen-bond acceptors (Lipinski definition) is 3. The Morgan fingerprint density at radius 1 is 1.22 bits per heavy atom. The van der Waals surface area contributed by atoms with Gasteiger partial charge in [-0.25, -0.2) is 0 Å². The molecule has 1 atom stereocenters. The zero-order valence-corrected chi connectivity index (χ0v) is 13.8. The number of allylic oxidation sites excluding steroid dienone is 4. The van der Waals surface area contributed by atoms with Gasteiger partial charge in [-0.05, 0) is 37.1 Å². The molecule has 1 aromatic carbocycles. The summed E-state index contributed by atoms with van der Waals surface area (Å²) in [6, 6.07) is 8.36. The van der Waals surface area contributed by atoms with Crippen molar-refractivity contribution in [3.8, 4) is 0 Å². The summed E-state index contributed by atoms with van der Waals surface area (Å²) in [7, 11) is 1.77. The normalized spacial score (nSPS) is 24.7. The molecule has 4 heteroatoms. The van der Waals surface area contributed by atoms with Crippen LogP contribution < -0.4 is 4.90 Å². The van der Waals surface area contributed by atoms with Gasteiger partial charge in [-0.2, -0.15) is 5.10 Å². The number of methoxy groups -OCH3 is 1. The third kappa shape index (κ3) is 2.33. The number of aromatic nitrogens is 2. The molecule has 1 N–H and O–H groups in total. The second-order valence-corrected chi connectivity index (χ2v) is 6.83. The molecule has 0 amide bonds. The molecule has 1 aliphatic heterocycles. The SMILES string of the molecule is COC1=CC=C2N(c3n[nH]c4ccccc34)CCCCC2(C)C1. The van der Waals surface area contributed by atoms with E-state index in [4.69, 9.17) is 4.74 Å².